The molecule has 33 heavy (non-hydrogen) atoms. The lowest BCUT2D eigenvalue weighted by Gasteiger charge is -2.19. The molecular weight excluding hydrogens is 414 g/mol. The fourth-order valence-electron chi connectivity index (χ4n) is 4.10. The number of ether oxygens (including phenoxy) is 1. The van der Waals surface area contributed by atoms with Gasteiger partial charge in [0.05, 0.1) is 12.7 Å². The van der Waals surface area contributed by atoms with Gasteiger partial charge in [-0.1, -0.05) is 30.3 Å². The standard InChI is InChI=1S/C27H28N3O3/c1-29(2)10-11-30(3)17-18-6-5-7-19(12-18)20-8-9-22-23(13-20)25-16-28-26(31)15-21(25)14-24(22)27(32)33-4/h5-9,12-16H,10-11,17H2,1-4H3. The molecule has 0 saturated heterocycles. The molecule has 6 nitrogen and oxygen atoms in total. The van der Waals surface area contributed by atoms with E-state index in [-0.39, 0.29) is 5.91 Å². The van der Waals surface area contributed by atoms with Crippen molar-refractivity contribution in [2.45, 2.75) is 6.54 Å². The Morgan fingerprint density at radius 2 is 1.76 bits per heavy atom. The van der Waals surface area contributed by atoms with Crippen LogP contribution in [0, 0.1) is 0 Å². The maximum atomic E-state index is 12.4. The number of hydrogen-bond donors (Lipinski definition) is 0. The lowest BCUT2D eigenvalue weighted by Crippen LogP contribution is -2.34. The third-order valence-corrected chi connectivity index (χ3v) is 5.86. The molecular formula is C27H28N3O3. The van der Waals surface area contributed by atoms with Gasteiger partial charge in [0.25, 0.3) is 5.91 Å². The van der Waals surface area contributed by atoms with Crippen LogP contribution in [-0.2, 0) is 16.1 Å². The van der Waals surface area contributed by atoms with Gasteiger partial charge < -0.3 is 14.5 Å². The Hall–Kier alpha value is -3.48. The maximum absolute atomic E-state index is 12.4. The number of methoxy groups -OCH3 is 1. The molecule has 3 aromatic rings. The zero-order valence-corrected chi connectivity index (χ0v) is 19.5. The lowest BCUT2D eigenvalue weighted by atomic mass is 9.95. The molecule has 3 aromatic carbocycles. The van der Waals surface area contributed by atoms with Gasteiger partial charge in [0.15, 0.2) is 0 Å². The van der Waals surface area contributed by atoms with Gasteiger partial charge in [0.1, 0.15) is 0 Å². The van der Waals surface area contributed by atoms with Crippen LogP contribution in [0.25, 0.3) is 34.2 Å². The van der Waals surface area contributed by atoms with Crippen LogP contribution in [0.1, 0.15) is 15.9 Å². The summed E-state index contributed by atoms with van der Waals surface area (Å²) in [5, 5.41) is 7.10. The van der Waals surface area contributed by atoms with E-state index in [9.17, 15) is 9.59 Å². The number of carbonyl (C=O) groups is 2. The molecule has 1 amide bonds. The van der Waals surface area contributed by atoms with E-state index in [4.69, 9.17) is 4.74 Å². The monoisotopic (exact) mass is 442 g/mol. The molecule has 0 aliphatic carbocycles. The number of fused-ring (bicyclic) bond motifs is 3. The van der Waals surface area contributed by atoms with E-state index in [1.807, 2.05) is 12.1 Å². The highest BCUT2D eigenvalue weighted by atomic mass is 16.5. The highest BCUT2D eigenvalue weighted by Gasteiger charge is 2.16. The summed E-state index contributed by atoms with van der Waals surface area (Å²) in [4.78, 5) is 28.8. The van der Waals surface area contributed by atoms with Gasteiger partial charge in [-0.3, -0.25) is 4.79 Å². The van der Waals surface area contributed by atoms with Crippen molar-refractivity contribution in [3.8, 4) is 11.1 Å². The summed E-state index contributed by atoms with van der Waals surface area (Å²) < 4.78 is 4.99. The van der Waals surface area contributed by atoms with E-state index < -0.39 is 5.97 Å². The Balaban J connectivity index is 1.77. The average Bonchev–Trinajstić information content (AvgIpc) is 2.81. The molecule has 0 spiro atoms. The second kappa shape index (κ2) is 9.57. The molecule has 0 aromatic heterocycles. The molecule has 169 valence electrons. The fraction of sp³-hybridized carbons (Fsp3) is 0.259. The number of benzene rings is 3. The van der Waals surface area contributed by atoms with E-state index in [1.165, 1.54) is 18.7 Å². The zero-order valence-electron chi connectivity index (χ0n) is 19.5. The Kier molecular flexibility index (Phi) is 6.58. The summed E-state index contributed by atoms with van der Waals surface area (Å²) in [7, 11) is 7.65. The number of rotatable bonds is 7. The Labute approximate surface area is 193 Å². The van der Waals surface area contributed by atoms with Crippen LogP contribution in [0.3, 0.4) is 0 Å². The minimum absolute atomic E-state index is 0.333. The van der Waals surface area contributed by atoms with Gasteiger partial charge in [0.2, 0.25) is 0 Å². The first-order chi connectivity index (χ1) is 15.9. The number of carbonyl (C=O) groups excluding carboxylic acids is 2. The van der Waals surface area contributed by atoms with Crippen molar-refractivity contribution in [2.24, 2.45) is 0 Å². The minimum Gasteiger partial charge on any atom is -0.465 e. The van der Waals surface area contributed by atoms with Crippen LogP contribution in [-0.4, -0.2) is 63.0 Å². The smallest absolute Gasteiger partial charge is 0.338 e. The normalized spacial score (nSPS) is 12.8. The van der Waals surface area contributed by atoms with Crippen LogP contribution in [0.4, 0.5) is 0 Å². The molecule has 0 atom stereocenters. The highest BCUT2D eigenvalue weighted by Crippen LogP contribution is 2.26. The second-order valence-electron chi connectivity index (χ2n) is 8.66. The van der Waals surface area contributed by atoms with Crippen LogP contribution in [0.15, 0.2) is 48.5 Å². The van der Waals surface area contributed by atoms with Gasteiger partial charge in [0, 0.05) is 37.1 Å². The average molecular weight is 443 g/mol. The molecule has 6 heteroatoms. The zero-order chi connectivity index (χ0) is 23.5. The second-order valence-corrected chi connectivity index (χ2v) is 8.66. The first-order valence-electron chi connectivity index (χ1n) is 10.9. The Bertz CT molecular complexity index is 1340. The van der Waals surface area contributed by atoms with E-state index in [1.54, 1.807) is 12.3 Å². The number of esters is 1. The Morgan fingerprint density at radius 1 is 0.970 bits per heavy atom. The van der Waals surface area contributed by atoms with Gasteiger partial charge in [-0.25, -0.2) is 10.1 Å². The number of nitrogens with zero attached hydrogens (tertiary/aromatic N) is 3. The quantitative estimate of drug-likeness (QED) is 0.524. The largest absolute Gasteiger partial charge is 0.465 e. The summed E-state index contributed by atoms with van der Waals surface area (Å²) >= 11 is 0. The van der Waals surface area contributed by atoms with Gasteiger partial charge >= 0.3 is 5.97 Å². The lowest BCUT2D eigenvalue weighted by molar-refractivity contribution is -0.114. The summed E-state index contributed by atoms with van der Waals surface area (Å²) in [6, 6.07) is 16.2. The van der Waals surface area contributed by atoms with Gasteiger partial charge in [-0.05, 0) is 72.0 Å². The SMILES string of the molecule is COC(=O)c1cc2c(c3cc(-c4cccc(CN(C)CCN(C)C)c4)ccc13)=C[N]C(=O)C=2. The summed E-state index contributed by atoms with van der Waals surface area (Å²) in [6.45, 7) is 2.86. The summed E-state index contributed by atoms with van der Waals surface area (Å²) in [5.41, 5.74) is 3.81. The predicted molar refractivity (Wildman–Crippen MR) is 131 cm³/mol. The van der Waals surface area contributed by atoms with E-state index in [2.05, 4.69) is 66.6 Å². The molecule has 1 heterocycles. The molecule has 0 unspecified atom stereocenters. The van der Waals surface area contributed by atoms with Crippen molar-refractivity contribution in [3.63, 3.8) is 0 Å². The van der Waals surface area contributed by atoms with Gasteiger partial charge in [-0.2, -0.15) is 0 Å². The van der Waals surface area contributed by atoms with Crippen molar-refractivity contribution in [3.05, 3.63) is 70.1 Å². The minimum atomic E-state index is -0.429. The summed E-state index contributed by atoms with van der Waals surface area (Å²) in [6.07, 6.45) is 3.04. The predicted octanol–water partition coefficient (Wildman–Crippen LogP) is 1.95. The Morgan fingerprint density at radius 3 is 2.52 bits per heavy atom. The van der Waals surface area contributed by atoms with Gasteiger partial charge in [-0.15, -0.1) is 0 Å². The van der Waals surface area contributed by atoms with Crippen LogP contribution >= 0.6 is 0 Å². The highest BCUT2D eigenvalue weighted by molar-refractivity contribution is 6.10. The molecule has 0 N–H and O–H groups in total. The van der Waals surface area contributed by atoms with E-state index in [0.717, 1.165) is 46.8 Å². The molecule has 1 aliphatic heterocycles. The first-order valence-corrected chi connectivity index (χ1v) is 10.9. The third-order valence-electron chi connectivity index (χ3n) is 5.86. The number of amides is 1. The van der Waals surface area contributed by atoms with Crippen LogP contribution in [0.5, 0.6) is 0 Å². The van der Waals surface area contributed by atoms with Crippen molar-refractivity contribution in [2.75, 3.05) is 41.3 Å². The fourth-order valence-corrected chi connectivity index (χ4v) is 4.10. The van der Waals surface area contributed by atoms with E-state index >= 15 is 0 Å². The molecule has 1 radical (unpaired) electrons. The molecule has 1 aliphatic rings. The first kappa shape index (κ1) is 22.7. The maximum Gasteiger partial charge on any atom is 0.338 e. The van der Waals surface area contributed by atoms with Crippen molar-refractivity contribution < 1.29 is 14.3 Å². The van der Waals surface area contributed by atoms with Crippen molar-refractivity contribution >= 4 is 34.9 Å². The van der Waals surface area contributed by atoms with Crippen molar-refractivity contribution in [1.29, 1.82) is 0 Å². The van der Waals surface area contributed by atoms with Crippen LogP contribution < -0.4 is 15.8 Å². The topological polar surface area (TPSA) is 64.0 Å². The number of likely N-dealkylation sites (N-methyl/N-ethyl adjacent to an activating group) is 2. The molecule has 0 bridgehead atoms. The summed E-state index contributed by atoms with van der Waals surface area (Å²) in [5.74, 6) is -0.762. The van der Waals surface area contributed by atoms with Crippen molar-refractivity contribution in [1.82, 2.24) is 15.1 Å². The molecule has 4 rings (SSSR count). The number of hydrogen-bond acceptors (Lipinski definition) is 5. The third kappa shape index (κ3) is 4.97. The van der Waals surface area contributed by atoms with Crippen LogP contribution in [0.2, 0.25) is 0 Å². The molecule has 0 fully saturated rings. The molecule has 0 saturated carbocycles. The van der Waals surface area contributed by atoms with E-state index in [0.29, 0.717) is 10.8 Å².